The summed E-state index contributed by atoms with van der Waals surface area (Å²) >= 11 is 0. The summed E-state index contributed by atoms with van der Waals surface area (Å²) in [6, 6.07) is 24.0. The van der Waals surface area contributed by atoms with Crippen molar-refractivity contribution in [3.63, 3.8) is 0 Å². The average molecular weight is 528 g/mol. The first-order chi connectivity index (χ1) is 18.5. The van der Waals surface area contributed by atoms with Crippen LogP contribution in [0.1, 0.15) is 18.4 Å². The Bertz CT molecular complexity index is 1520. The zero-order valence-electron chi connectivity index (χ0n) is 20.7. The van der Waals surface area contributed by atoms with Crippen LogP contribution >= 0.6 is 0 Å². The maximum atomic E-state index is 12.9. The van der Waals surface area contributed by atoms with Crippen molar-refractivity contribution >= 4 is 38.9 Å². The van der Waals surface area contributed by atoms with Crippen LogP contribution in [0.2, 0.25) is 0 Å². The van der Waals surface area contributed by atoms with Gasteiger partial charge in [0.25, 0.3) is 0 Å². The molecule has 3 aromatic carbocycles. The maximum absolute atomic E-state index is 12.9. The van der Waals surface area contributed by atoms with E-state index in [0.29, 0.717) is 47.6 Å². The van der Waals surface area contributed by atoms with Gasteiger partial charge in [-0.2, -0.15) is 4.98 Å². The average Bonchev–Trinajstić information content (AvgIpc) is 2.93. The number of hydrogen-bond acceptors (Lipinski definition) is 7. The Morgan fingerprint density at radius 3 is 2.63 bits per heavy atom. The summed E-state index contributed by atoms with van der Waals surface area (Å²) in [5.41, 5.74) is 4.18. The molecule has 1 unspecified atom stereocenters. The van der Waals surface area contributed by atoms with Crippen molar-refractivity contribution in [1.29, 1.82) is 4.78 Å². The van der Waals surface area contributed by atoms with Gasteiger partial charge in [0.2, 0.25) is 5.95 Å². The number of aromatic nitrogens is 2. The molecule has 2 heterocycles. The van der Waals surface area contributed by atoms with Crippen LogP contribution in [-0.4, -0.2) is 32.5 Å². The first kappa shape index (κ1) is 25.2. The van der Waals surface area contributed by atoms with Crippen molar-refractivity contribution in [3.8, 4) is 11.1 Å². The molecule has 4 bridgehead atoms. The van der Waals surface area contributed by atoms with Crippen LogP contribution in [0.25, 0.3) is 11.1 Å². The lowest BCUT2D eigenvalue weighted by Gasteiger charge is -2.14. The highest BCUT2D eigenvalue weighted by atomic mass is 32.2. The highest BCUT2D eigenvalue weighted by Crippen LogP contribution is 2.29. The van der Waals surface area contributed by atoms with Gasteiger partial charge in [0.05, 0.1) is 9.73 Å². The smallest absolute Gasteiger partial charge is 0.319 e. The molecular weight excluding hydrogens is 498 g/mol. The molecule has 0 radical (unpaired) electrons. The number of rotatable bonds is 4. The van der Waals surface area contributed by atoms with Crippen molar-refractivity contribution < 1.29 is 9.00 Å². The van der Waals surface area contributed by atoms with Gasteiger partial charge in [-0.05, 0) is 54.3 Å². The summed E-state index contributed by atoms with van der Waals surface area (Å²) in [5.74, 6) is 1.42. The highest BCUT2D eigenvalue weighted by Gasteiger charge is 2.14. The standard InChI is InChI=1S/C28H29N7O2S/c29-38(37)16-5-4-15-30-26-25(19-31-27(35-26)33-23-9-6-10-24(38)17-23)21-13-11-20(12-14-21)18-32-28(36)34-22-7-2-1-3-8-22/h1-3,6-14,17,19,29H,4-5,15-16,18H2,(H2,32,34,36)(H2,30,31,33,35). The summed E-state index contributed by atoms with van der Waals surface area (Å²) in [4.78, 5) is 21.9. The lowest BCUT2D eigenvalue weighted by atomic mass is 10.1. The molecular formula is C28H29N7O2S. The number of para-hydroxylation sites is 1. The van der Waals surface area contributed by atoms with Gasteiger partial charge in [0.1, 0.15) is 5.82 Å². The third kappa shape index (κ3) is 6.27. The fourth-order valence-electron chi connectivity index (χ4n) is 4.13. The van der Waals surface area contributed by atoms with Crippen molar-refractivity contribution in [1.82, 2.24) is 15.3 Å². The van der Waals surface area contributed by atoms with Crippen molar-refractivity contribution in [3.05, 3.63) is 90.6 Å². The molecule has 0 aliphatic carbocycles. The van der Waals surface area contributed by atoms with Crippen molar-refractivity contribution in [2.24, 2.45) is 0 Å². The van der Waals surface area contributed by atoms with Gasteiger partial charge in [-0.15, -0.1) is 0 Å². The third-order valence-electron chi connectivity index (χ3n) is 6.16. The summed E-state index contributed by atoms with van der Waals surface area (Å²) in [5, 5.41) is 12.2. The van der Waals surface area contributed by atoms with E-state index in [1.54, 1.807) is 24.4 Å². The summed E-state index contributed by atoms with van der Waals surface area (Å²) in [6.07, 6.45) is 3.20. The molecule has 10 heteroatoms. The molecule has 0 saturated heterocycles. The first-order valence-corrected chi connectivity index (χ1v) is 14.1. The van der Waals surface area contributed by atoms with Gasteiger partial charge in [0.15, 0.2) is 0 Å². The minimum absolute atomic E-state index is 0.265. The SMILES string of the molecule is N=S1(=O)CCCCNc2nc(ncc2-c2ccc(CNC(=O)Nc3ccccc3)cc2)Nc2cccc1c2. The monoisotopic (exact) mass is 527 g/mol. The Morgan fingerprint density at radius 1 is 1.00 bits per heavy atom. The number of carbonyl (C=O) groups is 1. The number of benzene rings is 3. The summed E-state index contributed by atoms with van der Waals surface area (Å²) in [7, 11) is -2.86. The van der Waals surface area contributed by atoms with E-state index in [-0.39, 0.29) is 6.03 Å². The van der Waals surface area contributed by atoms with Crippen LogP contribution in [0.4, 0.5) is 27.9 Å². The van der Waals surface area contributed by atoms with Gasteiger partial charge >= 0.3 is 6.03 Å². The molecule has 1 aliphatic heterocycles. The molecule has 0 fully saturated rings. The number of hydrogen-bond donors (Lipinski definition) is 5. The molecule has 1 aliphatic rings. The van der Waals surface area contributed by atoms with Crippen LogP contribution in [0.3, 0.4) is 0 Å². The largest absolute Gasteiger partial charge is 0.369 e. The predicted octanol–water partition coefficient (Wildman–Crippen LogP) is 5.82. The van der Waals surface area contributed by atoms with Crippen LogP contribution in [-0.2, 0) is 16.3 Å². The molecule has 38 heavy (non-hydrogen) atoms. The molecule has 5 rings (SSSR count). The quantitative estimate of drug-likeness (QED) is 0.227. The molecule has 1 atom stereocenters. The number of fused-ring (bicyclic) bond motifs is 4. The number of carbonyl (C=O) groups excluding carboxylic acids is 1. The van der Waals surface area contributed by atoms with E-state index in [1.807, 2.05) is 60.7 Å². The molecule has 2 amide bonds. The highest BCUT2D eigenvalue weighted by molar-refractivity contribution is 7.92. The lowest BCUT2D eigenvalue weighted by Crippen LogP contribution is -2.28. The summed E-state index contributed by atoms with van der Waals surface area (Å²) in [6.45, 7) is 1.02. The van der Waals surface area contributed by atoms with E-state index in [1.165, 1.54) is 0 Å². The Balaban J connectivity index is 1.31. The van der Waals surface area contributed by atoms with E-state index in [4.69, 9.17) is 9.76 Å². The van der Waals surface area contributed by atoms with Crippen LogP contribution in [0.15, 0.2) is 90.0 Å². The predicted molar refractivity (Wildman–Crippen MR) is 151 cm³/mol. The van der Waals surface area contributed by atoms with Gasteiger partial charge in [-0.1, -0.05) is 48.5 Å². The van der Waals surface area contributed by atoms with Gasteiger partial charge in [-0.25, -0.2) is 18.8 Å². The van der Waals surface area contributed by atoms with Gasteiger partial charge < -0.3 is 21.3 Å². The molecule has 5 N–H and O–H groups in total. The fourth-order valence-corrected chi connectivity index (χ4v) is 5.59. The number of anilines is 4. The molecule has 0 saturated carbocycles. The van der Waals surface area contributed by atoms with Gasteiger partial charge in [0, 0.05) is 46.9 Å². The second kappa shape index (κ2) is 11.3. The third-order valence-corrected chi connectivity index (χ3v) is 8.04. The second-order valence-electron chi connectivity index (χ2n) is 8.99. The Labute approximate surface area is 222 Å². The topological polar surface area (TPSA) is 132 Å². The first-order valence-electron chi connectivity index (χ1n) is 12.4. The summed E-state index contributed by atoms with van der Waals surface area (Å²) < 4.78 is 21.2. The van der Waals surface area contributed by atoms with Crippen LogP contribution in [0.5, 0.6) is 0 Å². The van der Waals surface area contributed by atoms with E-state index in [0.717, 1.165) is 28.8 Å². The minimum Gasteiger partial charge on any atom is -0.369 e. The molecule has 9 nitrogen and oxygen atoms in total. The van der Waals surface area contributed by atoms with Crippen LogP contribution < -0.4 is 21.3 Å². The minimum atomic E-state index is -2.86. The Kier molecular flexibility index (Phi) is 7.50. The van der Waals surface area contributed by atoms with E-state index < -0.39 is 9.73 Å². The maximum Gasteiger partial charge on any atom is 0.319 e. The zero-order chi connectivity index (χ0) is 26.4. The zero-order valence-corrected chi connectivity index (χ0v) is 21.6. The molecule has 4 aromatic rings. The molecule has 1 aromatic heterocycles. The molecule has 0 spiro atoms. The second-order valence-corrected chi connectivity index (χ2v) is 11.2. The van der Waals surface area contributed by atoms with E-state index in [9.17, 15) is 9.00 Å². The van der Waals surface area contributed by atoms with E-state index >= 15 is 0 Å². The Hall–Kier alpha value is -4.44. The Morgan fingerprint density at radius 2 is 1.82 bits per heavy atom. The number of amides is 2. The number of nitrogens with one attached hydrogen (secondary N) is 5. The lowest BCUT2D eigenvalue weighted by molar-refractivity contribution is 0.251. The van der Waals surface area contributed by atoms with Crippen molar-refractivity contribution in [2.45, 2.75) is 24.3 Å². The molecule has 194 valence electrons. The van der Waals surface area contributed by atoms with Gasteiger partial charge in [-0.3, -0.25) is 0 Å². The van der Waals surface area contributed by atoms with Crippen LogP contribution in [0, 0.1) is 4.78 Å². The fraction of sp³-hybridized carbons (Fsp3) is 0.179. The number of nitrogens with zero attached hydrogens (tertiary/aromatic N) is 2. The normalized spacial score (nSPS) is 16.9. The number of urea groups is 1. The van der Waals surface area contributed by atoms with E-state index in [2.05, 4.69) is 26.3 Å². The van der Waals surface area contributed by atoms with Crippen molar-refractivity contribution in [2.75, 3.05) is 28.2 Å².